The molecule has 9 nitrogen and oxygen atoms in total. The van der Waals surface area contributed by atoms with E-state index in [1.807, 2.05) is 35.8 Å². The van der Waals surface area contributed by atoms with E-state index in [0.717, 1.165) is 17.1 Å². The van der Waals surface area contributed by atoms with Gasteiger partial charge in [0.2, 0.25) is 0 Å². The standard InChI is InChI=1S/C21H21N5O4S/c1-3-26-19(15-8-10-17(30-2)11-9-15)24-25-21(26)31-13-18(27)23-22-12-14-4-6-16(7-5-14)20(28)29/h4-12H,3,13H2,1-2H3,(H,23,27)(H,28,29)/b22-12+. The van der Waals surface area contributed by atoms with Crippen LogP contribution in [0.4, 0.5) is 0 Å². The third-order valence-electron chi connectivity index (χ3n) is 4.27. The third kappa shape index (κ3) is 5.70. The Morgan fingerprint density at radius 2 is 1.87 bits per heavy atom. The molecule has 0 saturated carbocycles. The fourth-order valence-electron chi connectivity index (χ4n) is 2.69. The maximum absolute atomic E-state index is 12.1. The molecule has 0 unspecified atom stereocenters. The van der Waals surface area contributed by atoms with Crippen LogP contribution in [0.5, 0.6) is 5.75 Å². The molecule has 0 aliphatic rings. The SMILES string of the molecule is CCn1c(SCC(=O)N/N=C/c2ccc(C(=O)O)cc2)nnc1-c1ccc(OC)cc1. The average molecular weight is 439 g/mol. The highest BCUT2D eigenvalue weighted by Gasteiger charge is 2.14. The van der Waals surface area contributed by atoms with Crippen LogP contribution < -0.4 is 10.2 Å². The number of benzene rings is 2. The molecule has 0 atom stereocenters. The summed E-state index contributed by atoms with van der Waals surface area (Å²) in [6.07, 6.45) is 1.45. The van der Waals surface area contributed by atoms with Crippen molar-refractivity contribution >= 4 is 29.9 Å². The number of thioether (sulfide) groups is 1. The van der Waals surface area contributed by atoms with E-state index in [-0.39, 0.29) is 17.2 Å². The van der Waals surface area contributed by atoms with Crippen molar-refractivity contribution in [3.05, 3.63) is 59.7 Å². The Morgan fingerprint density at radius 1 is 1.16 bits per heavy atom. The molecule has 0 aliphatic heterocycles. The first-order valence-corrected chi connectivity index (χ1v) is 10.4. The average Bonchev–Trinajstić information content (AvgIpc) is 3.21. The lowest BCUT2D eigenvalue weighted by molar-refractivity contribution is -0.118. The minimum Gasteiger partial charge on any atom is -0.497 e. The van der Waals surface area contributed by atoms with Crippen molar-refractivity contribution in [2.24, 2.45) is 5.10 Å². The molecule has 2 N–H and O–H groups in total. The fourth-order valence-corrected chi connectivity index (χ4v) is 3.48. The maximum atomic E-state index is 12.1. The van der Waals surface area contributed by atoms with Crippen LogP contribution in [-0.2, 0) is 11.3 Å². The van der Waals surface area contributed by atoms with Gasteiger partial charge in [-0.05, 0) is 48.9 Å². The minimum atomic E-state index is -0.996. The number of nitrogens with zero attached hydrogens (tertiary/aromatic N) is 4. The van der Waals surface area contributed by atoms with Crippen LogP contribution in [-0.4, -0.2) is 50.8 Å². The zero-order valence-corrected chi connectivity index (χ0v) is 17.8. The number of hydrogen-bond donors (Lipinski definition) is 2. The summed E-state index contributed by atoms with van der Waals surface area (Å²) in [4.78, 5) is 23.0. The topological polar surface area (TPSA) is 119 Å². The van der Waals surface area contributed by atoms with Gasteiger partial charge in [0.15, 0.2) is 11.0 Å². The summed E-state index contributed by atoms with van der Waals surface area (Å²) >= 11 is 1.27. The molecule has 1 aromatic heterocycles. The number of carboxylic acids is 1. The molecule has 0 fully saturated rings. The van der Waals surface area contributed by atoms with Crippen LogP contribution in [0, 0.1) is 0 Å². The van der Waals surface area contributed by atoms with E-state index in [2.05, 4.69) is 20.7 Å². The zero-order chi connectivity index (χ0) is 22.2. The number of ether oxygens (including phenoxy) is 1. The van der Waals surface area contributed by atoms with Gasteiger partial charge >= 0.3 is 5.97 Å². The molecule has 160 valence electrons. The second-order valence-corrected chi connectivity index (χ2v) is 7.23. The van der Waals surface area contributed by atoms with Crippen molar-refractivity contribution in [3.8, 4) is 17.1 Å². The first-order chi connectivity index (χ1) is 15.0. The van der Waals surface area contributed by atoms with Crippen molar-refractivity contribution in [3.63, 3.8) is 0 Å². The van der Waals surface area contributed by atoms with Gasteiger partial charge in [-0.2, -0.15) is 5.10 Å². The second kappa shape index (κ2) is 10.4. The van der Waals surface area contributed by atoms with Crippen LogP contribution in [0.15, 0.2) is 58.8 Å². The Balaban J connectivity index is 1.57. The molecule has 0 saturated heterocycles. The molecule has 10 heteroatoms. The molecule has 2 aromatic carbocycles. The van der Waals surface area contributed by atoms with E-state index in [4.69, 9.17) is 9.84 Å². The van der Waals surface area contributed by atoms with Crippen molar-refractivity contribution in [2.45, 2.75) is 18.6 Å². The van der Waals surface area contributed by atoms with E-state index >= 15 is 0 Å². The molecule has 1 heterocycles. The summed E-state index contributed by atoms with van der Waals surface area (Å²) in [6, 6.07) is 13.7. The lowest BCUT2D eigenvalue weighted by Gasteiger charge is -2.07. The fraction of sp³-hybridized carbons (Fsp3) is 0.190. The summed E-state index contributed by atoms with van der Waals surface area (Å²) in [5.74, 6) is 0.312. The number of hydrogen-bond acceptors (Lipinski definition) is 7. The Morgan fingerprint density at radius 3 is 2.48 bits per heavy atom. The summed E-state index contributed by atoms with van der Waals surface area (Å²) in [5, 5.41) is 21.9. The minimum absolute atomic E-state index is 0.121. The predicted octanol–water partition coefficient (Wildman–Crippen LogP) is 2.91. The monoisotopic (exact) mass is 439 g/mol. The van der Waals surface area contributed by atoms with Gasteiger partial charge < -0.3 is 14.4 Å². The van der Waals surface area contributed by atoms with E-state index in [1.54, 1.807) is 19.2 Å². The first kappa shape index (κ1) is 22.0. The number of hydrazone groups is 1. The largest absolute Gasteiger partial charge is 0.497 e. The maximum Gasteiger partial charge on any atom is 0.335 e. The van der Waals surface area contributed by atoms with E-state index < -0.39 is 5.97 Å². The molecule has 31 heavy (non-hydrogen) atoms. The number of carbonyl (C=O) groups excluding carboxylic acids is 1. The van der Waals surface area contributed by atoms with E-state index in [0.29, 0.717) is 17.3 Å². The van der Waals surface area contributed by atoms with Gasteiger partial charge in [0.25, 0.3) is 5.91 Å². The third-order valence-corrected chi connectivity index (χ3v) is 5.24. The van der Waals surface area contributed by atoms with Gasteiger partial charge in [-0.25, -0.2) is 10.2 Å². The Hall–Kier alpha value is -3.66. The Bertz CT molecular complexity index is 1080. The van der Waals surface area contributed by atoms with Gasteiger partial charge in [0.1, 0.15) is 5.75 Å². The molecule has 1 amide bonds. The lowest BCUT2D eigenvalue weighted by Crippen LogP contribution is -2.20. The van der Waals surface area contributed by atoms with Crippen molar-refractivity contribution in [2.75, 3.05) is 12.9 Å². The van der Waals surface area contributed by atoms with Crippen molar-refractivity contribution in [1.82, 2.24) is 20.2 Å². The highest BCUT2D eigenvalue weighted by molar-refractivity contribution is 7.99. The molecule has 0 spiro atoms. The van der Waals surface area contributed by atoms with Crippen molar-refractivity contribution in [1.29, 1.82) is 0 Å². The molecular weight excluding hydrogens is 418 g/mol. The summed E-state index contributed by atoms with van der Waals surface area (Å²) in [6.45, 7) is 2.64. The Kier molecular flexibility index (Phi) is 7.39. The van der Waals surface area contributed by atoms with Gasteiger partial charge in [-0.15, -0.1) is 10.2 Å². The van der Waals surface area contributed by atoms with Crippen molar-refractivity contribution < 1.29 is 19.4 Å². The van der Waals surface area contributed by atoms with Gasteiger partial charge in [0.05, 0.1) is 24.6 Å². The van der Waals surface area contributed by atoms with Crippen LogP contribution in [0.25, 0.3) is 11.4 Å². The van der Waals surface area contributed by atoms with Gasteiger partial charge in [-0.1, -0.05) is 23.9 Å². The van der Waals surface area contributed by atoms with Crippen LogP contribution >= 0.6 is 11.8 Å². The van der Waals surface area contributed by atoms with Gasteiger partial charge in [0, 0.05) is 12.1 Å². The lowest BCUT2D eigenvalue weighted by atomic mass is 10.1. The molecule has 0 radical (unpaired) electrons. The zero-order valence-electron chi connectivity index (χ0n) is 17.0. The summed E-state index contributed by atoms with van der Waals surface area (Å²) < 4.78 is 7.12. The number of aromatic carboxylic acids is 1. The molecule has 3 aromatic rings. The van der Waals surface area contributed by atoms with Crippen LogP contribution in [0.3, 0.4) is 0 Å². The van der Waals surface area contributed by atoms with Crippen LogP contribution in [0.2, 0.25) is 0 Å². The second-order valence-electron chi connectivity index (χ2n) is 6.29. The highest BCUT2D eigenvalue weighted by atomic mass is 32.2. The van der Waals surface area contributed by atoms with E-state index in [9.17, 15) is 9.59 Å². The number of carbonyl (C=O) groups is 2. The number of methoxy groups -OCH3 is 1. The smallest absolute Gasteiger partial charge is 0.335 e. The van der Waals surface area contributed by atoms with Gasteiger partial charge in [-0.3, -0.25) is 4.79 Å². The molecular formula is C21H21N5O4S. The Labute approximate surface area is 183 Å². The number of nitrogens with one attached hydrogen (secondary N) is 1. The summed E-state index contributed by atoms with van der Waals surface area (Å²) in [5.41, 5.74) is 4.22. The quantitative estimate of drug-likeness (QED) is 0.299. The number of rotatable bonds is 9. The highest BCUT2D eigenvalue weighted by Crippen LogP contribution is 2.25. The van der Waals surface area contributed by atoms with E-state index in [1.165, 1.54) is 30.1 Å². The first-order valence-electron chi connectivity index (χ1n) is 9.37. The molecule has 0 aliphatic carbocycles. The molecule has 3 rings (SSSR count). The molecule has 0 bridgehead atoms. The summed E-state index contributed by atoms with van der Waals surface area (Å²) in [7, 11) is 1.61. The number of amides is 1. The number of aromatic nitrogens is 3. The normalized spacial score (nSPS) is 10.9. The predicted molar refractivity (Wildman–Crippen MR) is 118 cm³/mol. The van der Waals surface area contributed by atoms with Crippen LogP contribution in [0.1, 0.15) is 22.8 Å². The number of carboxylic acid groups (broad SMARTS) is 1.